The van der Waals surface area contributed by atoms with Crippen molar-refractivity contribution in [2.24, 2.45) is 0 Å². The third-order valence-electron chi connectivity index (χ3n) is 4.10. The van der Waals surface area contributed by atoms with E-state index in [2.05, 4.69) is 15.7 Å². The minimum atomic E-state index is -0.172. The van der Waals surface area contributed by atoms with Crippen molar-refractivity contribution >= 4 is 0 Å². The van der Waals surface area contributed by atoms with Crippen LogP contribution in [-0.4, -0.2) is 20.8 Å². The predicted octanol–water partition coefficient (Wildman–Crippen LogP) is 2.24. The van der Waals surface area contributed by atoms with E-state index in [0.29, 0.717) is 0 Å². The minimum absolute atomic E-state index is 0.172. The lowest BCUT2D eigenvalue weighted by Crippen LogP contribution is -2.25. The lowest BCUT2D eigenvalue weighted by molar-refractivity contribution is 0.140. The predicted molar refractivity (Wildman–Crippen MR) is 62.4 cm³/mol. The summed E-state index contributed by atoms with van der Waals surface area (Å²) in [5, 5.41) is 9.62. The number of fused-ring (bicyclic) bond motifs is 1. The maximum absolute atomic E-state index is 9.62. The lowest BCUT2D eigenvalue weighted by atomic mass is 9.87. The summed E-state index contributed by atoms with van der Waals surface area (Å²) in [6, 6.07) is 0. The molecule has 1 aromatic rings. The molecular formula is C13H20N2O. The molecule has 3 nitrogen and oxygen atoms in total. The molecule has 16 heavy (non-hydrogen) atoms. The van der Waals surface area contributed by atoms with Gasteiger partial charge in [-0.05, 0) is 19.3 Å². The van der Waals surface area contributed by atoms with Crippen molar-refractivity contribution in [3.63, 3.8) is 0 Å². The molecule has 0 bridgehead atoms. The summed E-state index contributed by atoms with van der Waals surface area (Å²) in [4.78, 5) is 4.49. The van der Waals surface area contributed by atoms with E-state index in [9.17, 15) is 5.11 Å². The van der Waals surface area contributed by atoms with Crippen molar-refractivity contribution in [3.05, 3.63) is 17.7 Å². The Labute approximate surface area is 96.5 Å². The van der Waals surface area contributed by atoms with Crippen molar-refractivity contribution < 1.29 is 5.11 Å². The fraction of sp³-hybridized carbons (Fsp3) is 0.769. The second kappa shape index (κ2) is 4.21. The zero-order valence-electron chi connectivity index (χ0n) is 9.73. The van der Waals surface area contributed by atoms with Crippen LogP contribution >= 0.6 is 0 Å². The molecule has 0 radical (unpaired) electrons. The molecule has 1 aromatic heterocycles. The molecule has 0 aromatic carbocycles. The summed E-state index contributed by atoms with van der Waals surface area (Å²) >= 11 is 0. The van der Waals surface area contributed by atoms with Gasteiger partial charge in [0, 0.05) is 30.8 Å². The quantitative estimate of drug-likeness (QED) is 0.788. The van der Waals surface area contributed by atoms with E-state index in [-0.39, 0.29) is 6.10 Å². The van der Waals surface area contributed by atoms with Crippen LogP contribution in [0.1, 0.15) is 56.0 Å². The molecule has 1 atom stereocenters. The molecule has 1 saturated carbocycles. The first-order valence-electron chi connectivity index (χ1n) is 6.57. The van der Waals surface area contributed by atoms with E-state index in [1.807, 2.05) is 0 Å². The van der Waals surface area contributed by atoms with Crippen LogP contribution in [0.4, 0.5) is 0 Å². The van der Waals surface area contributed by atoms with Crippen molar-refractivity contribution in [2.75, 3.05) is 0 Å². The van der Waals surface area contributed by atoms with Crippen molar-refractivity contribution in [1.82, 2.24) is 9.55 Å². The van der Waals surface area contributed by atoms with Gasteiger partial charge in [-0.25, -0.2) is 4.98 Å². The molecule has 0 saturated heterocycles. The van der Waals surface area contributed by atoms with Crippen molar-refractivity contribution in [2.45, 2.75) is 63.5 Å². The molecule has 88 valence electrons. The van der Waals surface area contributed by atoms with Crippen LogP contribution in [0.2, 0.25) is 0 Å². The van der Waals surface area contributed by atoms with Crippen LogP contribution in [0.15, 0.2) is 6.20 Å². The topological polar surface area (TPSA) is 38.0 Å². The monoisotopic (exact) mass is 220 g/mol. The fourth-order valence-corrected chi connectivity index (χ4v) is 3.17. The maximum atomic E-state index is 9.62. The number of aliphatic hydroxyl groups is 1. The average molecular weight is 220 g/mol. The molecule has 1 fully saturated rings. The summed E-state index contributed by atoms with van der Waals surface area (Å²) in [6.45, 7) is 0.961. The number of rotatable bonds is 1. The van der Waals surface area contributed by atoms with Crippen LogP contribution in [0, 0.1) is 0 Å². The third kappa shape index (κ3) is 1.77. The Morgan fingerprint density at radius 3 is 2.81 bits per heavy atom. The summed E-state index contributed by atoms with van der Waals surface area (Å²) < 4.78 is 2.36. The molecule has 1 aliphatic heterocycles. The largest absolute Gasteiger partial charge is 0.393 e. The molecule has 0 spiro atoms. The van der Waals surface area contributed by atoms with Crippen LogP contribution in [-0.2, 0) is 13.0 Å². The first-order chi connectivity index (χ1) is 7.84. The van der Waals surface area contributed by atoms with Gasteiger partial charge < -0.3 is 9.67 Å². The molecule has 3 rings (SSSR count). The SMILES string of the molecule is OC1CCn2c(C3CCCCC3)cnc2C1. The summed E-state index contributed by atoms with van der Waals surface area (Å²) in [5.41, 5.74) is 1.43. The van der Waals surface area contributed by atoms with E-state index < -0.39 is 0 Å². The summed E-state index contributed by atoms with van der Waals surface area (Å²) in [6.07, 6.45) is 10.3. The highest BCUT2D eigenvalue weighted by atomic mass is 16.3. The van der Waals surface area contributed by atoms with Gasteiger partial charge in [0.2, 0.25) is 0 Å². The Hall–Kier alpha value is -0.830. The molecular weight excluding hydrogens is 200 g/mol. The summed E-state index contributed by atoms with van der Waals surface area (Å²) in [7, 11) is 0. The fourth-order valence-electron chi connectivity index (χ4n) is 3.17. The Balaban J connectivity index is 1.85. The Morgan fingerprint density at radius 2 is 2.00 bits per heavy atom. The van der Waals surface area contributed by atoms with Gasteiger partial charge in [-0.1, -0.05) is 19.3 Å². The molecule has 2 heterocycles. The Bertz CT molecular complexity index is 366. The van der Waals surface area contributed by atoms with Crippen LogP contribution in [0.5, 0.6) is 0 Å². The summed E-state index contributed by atoms with van der Waals surface area (Å²) in [5.74, 6) is 1.82. The highest BCUT2D eigenvalue weighted by molar-refractivity contribution is 5.14. The number of aliphatic hydroxyl groups excluding tert-OH is 1. The minimum Gasteiger partial charge on any atom is -0.393 e. The highest BCUT2D eigenvalue weighted by Gasteiger charge is 2.24. The van der Waals surface area contributed by atoms with Crippen LogP contribution in [0.3, 0.4) is 0 Å². The number of hydrogen-bond donors (Lipinski definition) is 1. The van der Waals surface area contributed by atoms with E-state index >= 15 is 0 Å². The molecule has 0 amide bonds. The average Bonchev–Trinajstić information content (AvgIpc) is 2.73. The first kappa shape index (κ1) is 10.3. The molecule has 1 aliphatic carbocycles. The van der Waals surface area contributed by atoms with Gasteiger partial charge in [-0.15, -0.1) is 0 Å². The molecule has 1 N–H and O–H groups in total. The van der Waals surface area contributed by atoms with E-state index in [4.69, 9.17) is 0 Å². The number of imidazole rings is 1. The smallest absolute Gasteiger partial charge is 0.111 e. The molecule has 3 heteroatoms. The van der Waals surface area contributed by atoms with Gasteiger partial charge in [0.25, 0.3) is 0 Å². The van der Waals surface area contributed by atoms with Crippen LogP contribution < -0.4 is 0 Å². The van der Waals surface area contributed by atoms with Gasteiger partial charge in [0.1, 0.15) is 5.82 Å². The number of aromatic nitrogens is 2. The zero-order valence-corrected chi connectivity index (χ0v) is 9.73. The number of nitrogens with zero attached hydrogens (tertiary/aromatic N) is 2. The molecule has 1 unspecified atom stereocenters. The van der Waals surface area contributed by atoms with Crippen molar-refractivity contribution in [3.8, 4) is 0 Å². The van der Waals surface area contributed by atoms with Gasteiger partial charge in [0.05, 0.1) is 6.10 Å². The highest BCUT2D eigenvalue weighted by Crippen LogP contribution is 2.34. The Morgan fingerprint density at radius 1 is 1.19 bits per heavy atom. The van der Waals surface area contributed by atoms with Crippen molar-refractivity contribution in [1.29, 1.82) is 0 Å². The van der Waals surface area contributed by atoms with E-state index in [1.165, 1.54) is 37.8 Å². The second-order valence-electron chi connectivity index (χ2n) is 5.23. The number of hydrogen-bond acceptors (Lipinski definition) is 2. The molecule has 2 aliphatic rings. The second-order valence-corrected chi connectivity index (χ2v) is 5.23. The lowest BCUT2D eigenvalue weighted by Gasteiger charge is -2.26. The van der Waals surface area contributed by atoms with E-state index in [1.54, 1.807) is 0 Å². The van der Waals surface area contributed by atoms with Gasteiger partial charge in [0.15, 0.2) is 0 Å². The maximum Gasteiger partial charge on any atom is 0.111 e. The Kier molecular flexibility index (Phi) is 2.72. The normalized spacial score (nSPS) is 26.7. The first-order valence-corrected chi connectivity index (χ1v) is 6.57. The van der Waals surface area contributed by atoms with Gasteiger partial charge >= 0.3 is 0 Å². The van der Waals surface area contributed by atoms with Gasteiger partial charge in [-0.2, -0.15) is 0 Å². The van der Waals surface area contributed by atoms with Gasteiger partial charge in [-0.3, -0.25) is 0 Å². The standard InChI is InChI=1S/C13H20N2O/c16-11-6-7-15-12(9-14-13(15)8-11)10-4-2-1-3-5-10/h9-11,16H,1-8H2. The third-order valence-corrected chi connectivity index (χ3v) is 4.10. The zero-order chi connectivity index (χ0) is 11.0. The van der Waals surface area contributed by atoms with Crippen LogP contribution in [0.25, 0.3) is 0 Å². The van der Waals surface area contributed by atoms with E-state index in [0.717, 1.165) is 31.1 Å².